The van der Waals surface area contributed by atoms with Gasteiger partial charge in [-0.3, -0.25) is 0 Å². The topological polar surface area (TPSA) is 12.0 Å². The Labute approximate surface area is 141 Å². The number of hydrogen-bond donors (Lipinski definition) is 1. The molecule has 1 N–H and O–H groups in total. The predicted molar refractivity (Wildman–Crippen MR) is 85.5 cm³/mol. The van der Waals surface area contributed by atoms with E-state index >= 15 is 0 Å². The normalized spacial score (nSPS) is 10.7. The molecule has 0 fully saturated rings. The van der Waals surface area contributed by atoms with E-state index in [-0.39, 0.29) is 21.6 Å². The lowest BCUT2D eigenvalue weighted by Gasteiger charge is -2.12. The Morgan fingerprint density at radius 3 is 2.30 bits per heavy atom. The Hall–Kier alpha value is -0.360. The third kappa shape index (κ3) is 3.27. The molecular weight excluding hydrogens is 439 g/mol. The van der Waals surface area contributed by atoms with Crippen molar-refractivity contribution in [2.45, 2.75) is 6.54 Å². The van der Waals surface area contributed by atoms with Crippen molar-refractivity contribution in [2.75, 3.05) is 5.32 Å². The van der Waals surface area contributed by atoms with Gasteiger partial charge in [0.2, 0.25) is 0 Å². The Bertz CT molecular complexity index is 665. The molecular formula is C13H7Br2Cl2F2N. The maximum atomic E-state index is 13.8. The average molecular weight is 446 g/mol. The third-order valence-corrected chi connectivity index (χ3v) is 5.01. The van der Waals surface area contributed by atoms with Crippen molar-refractivity contribution in [3.8, 4) is 0 Å². The summed E-state index contributed by atoms with van der Waals surface area (Å²) < 4.78 is 28.3. The van der Waals surface area contributed by atoms with Crippen LogP contribution >= 0.6 is 55.1 Å². The van der Waals surface area contributed by atoms with E-state index in [1.165, 1.54) is 12.1 Å². The number of anilines is 1. The van der Waals surface area contributed by atoms with Crippen molar-refractivity contribution in [3.05, 3.63) is 60.5 Å². The standard InChI is InChI=1S/C13H7Br2Cl2F2N/c14-7-2-4-10(12(17)11(7)16)20-5-6-9(18)3-1-8(15)13(6)19/h1-4,20H,5H2. The molecule has 0 bridgehead atoms. The molecule has 0 saturated carbocycles. The van der Waals surface area contributed by atoms with Crippen LogP contribution in [0.2, 0.25) is 10.0 Å². The summed E-state index contributed by atoms with van der Waals surface area (Å²) >= 11 is 18.3. The number of nitrogens with one attached hydrogen (secondary N) is 1. The first-order chi connectivity index (χ1) is 9.41. The molecule has 1 nitrogen and oxygen atoms in total. The third-order valence-electron chi connectivity index (χ3n) is 2.63. The summed E-state index contributed by atoms with van der Waals surface area (Å²) in [5, 5.41) is 3.50. The average Bonchev–Trinajstić information content (AvgIpc) is 2.42. The molecule has 0 radical (unpaired) electrons. The van der Waals surface area contributed by atoms with Crippen LogP contribution in [0, 0.1) is 11.6 Å². The van der Waals surface area contributed by atoms with E-state index in [9.17, 15) is 8.78 Å². The van der Waals surface area contributed by atoms with Gasteiger partial charge >= 0.3 is 0 Å². The Morgan fingerprint density at radius 2 is 1.60 bits per heavy atom. The molecule has 0 spiro atoms. The van der Waals surface area contributed by atoms with Gasteiger partial charge in [0, 0.05) is 16.6 Å². The molecule has 0 aliphatic carbocycles. The van der Waals surface area contributed by atoms with Crippen molar-refractivity contribution in [1.82, 2.24) is 0 Å². The maximum absolute atomic E-state index is 13.8. The second-order valence-electron chi connectivity index (χ2n) is 3.90. The number of hydrogen-bond acceptors (Lipinski definition) is 1. The largest absolute Gasteiger partial charge is 0.379 e. The molecule has 7 heteroatoms. The summed E-state index contributed by atoms with van der Waals surface area (Å²) in [5.74, 6) is -1.27. The molecule has 0 aromatic heterocycles. The molecule has 0 saturated heterocycles. The van der Waals surface area contributed by atoms with Gasteiger partial charge in [-0.1, -0.05) is 23.2 Å². The van der Waals surface area contributed by atoms with Gasteiger partial charge in [-0.05, 0) is 56.1 Å². The van der Waals surface area contributed by atoms with Gasteiger partial charge in [0.1, 0.15) is 11.6 Å². The Morgan fingerprint density at radius 1 is 0.950 bits per heavy atom. The lowest BCUT2D eigenvalue weighted by molar-refractivity contribution is 0.555. The van der Waals surface area contributed by atoms with Crippen LogP contribution < -0.4 is 5.32 Å². The first kappa shape index (κ1) is 16.0. The number of rotatable bonds is 3. The van der Waals surface area contributed by atoms with Gasteiger partial charge in [-0.2, -0.15) is 0 Å². The highest BCUT2D eigenvalue weighted by atomic mass is 79.9. The molecule has 0 heterocycles. The number of halogens is 6. The van der Waals surface area contributed by atoms with Gasteiger partial charge in [-0.15, -0.1) is 0 Å². The quantitative estimate of drug-likeness (QED) is 0.425. The van der Waals surface area contributed by atoms with Crippen molar-refractivity contribution in [3.63, 3.8) is 0 Å². The summed E-state index contributed by atoms with van der Waals surface area (Å²) in [6, 6.07) is 5.88. The van der Waals surface area contributed by atoms with Crippen LogP contribution in [-0.2, 0) is 6.54 Å². The molecule has 2 rings (SSSR count). The highest BCUT2D eigenvalue weighted by molar-refractivity contribution is 9.10. The zero-order valence-corrected chi connectivity index (χ0v) is 14.5. The van der Waals surface area contributed by atoms with Crippen LogP contribution in [0.1, 0.15) is 5.56 Å². The van der Waals surface area contributed by atoms with Crippen LogP contribution in [0.4, 0.5) is 14.5 Å². The Balaban J connectivity index is 2.26. The van der Waals surface area contributed by atoms with E-state index < -0.39 is 11.6 Å². The maximum Gasteiger partial charge on any atom is 0.145 e. The fourth-order valence-corrected chi connectivity index (χ4v) is 2.79. The van der Waals surface area contributed by atoms with E-state index in [0.717, 1.165) is 0 Å². The van der Waals surface area contributed by atoms with Crippen LogP contribution in [0.25, 0.3) is 0 Å². The van der Waals surface area contributed by atoms with E-state index in [1.807, 2.05) is 0 Å². The van der Waals surface area contributed by atoms with Crippen molar-refractivity contribution in [1.29, 1.82) is 0 Å². The van der Waals surface area contributed by atoms with E-state index in [2.05, 4.69) is 37.2 Å². The highest BCUT2D eigenvalue weighted by Gasteiger charge is 2.14. The van der Waals surface area contributed by atoms with Crippen molar-refractivity contribution in [2.24, 2.45) is 0 Å². The van der Waals surface area contributed by atoms with E-state index in [4.69, 9.17) is 23.2 Å². The lowest BCUT2D eigenvalue weighted by Crippen LogP contribution is -2.05. The molecule has 0 unspecified atom stereocenters. The zero-order chi connectivity index (χ0) is 14.9. The fourth-order valence-electron chi connectivity index (χ4n) is 1.58. The summed E-state index contributed by atoms with van der Waals surface area (Å²) in [6.45, 7) is -0.0468. The smallest absolute Gasteiger partial charge is 0.145 e. The van der Waals surface area contributed by atoms with Gasteiger partial charge in [-0.25, -0.2) is 8.78 Å². The van der Waals surface area contributed by atoms with Crippen LogP contribution in [0.5, 0.6) is 0 Å². The SMILES string of the molecule is Fc1ccc(Br)c(F)c1CNc1ccc(Br)c(Cl)c1Cl. The molecule has 106 valence electrons. The van der Waals surface area contributed by atoms with Gasteiger partial charge < -0.3 is 5.32 Å². The number of benzene rings is 2. The molecule has 2 aromatic rings. The minimum atomic E-state index is -0.642. The first-order valence-corrected chi connectivity index (χ1v) is 7.75. The van der Waals surface area contributed by atoms with Crippen LogP contribution in [0.15, 0.2) is 33.2 Å². The zero-order valence-electron chi connectivity index (χ0n) is 9.78. The summed E-state index contributed by atoms with van der Waals surface area (Å²) in [6.07, 6.45) is 0. The monoisotopic (exact) mass is 443 g/mol. The molecule has 20 heavy (non-hydrogen) atoms. The van der Waals surface area contributed by atoms with Gasteiger partial charge in [0.05, 0.1) is 20.2 Å². The fraction of sp³-hybridized carbons (Fsp3) is 0.0769. The molecule has 0 amide bonds. The van der Waals surface area contributed by atoms with Crippen molar-refractivity contribution < 1.29 is 8.78 Å². The highest BCUT2D eigenvalue weighted by Crippen LogP contribution is 2.36. The van der Waals surface area contributed by atoms with Crippen LogP contribution in [-0.4, -0.2) is 0 Å². The summed E-state index contributed by atoms with van der Waals surface area (Å²) in [7, 11) is 0. The van der Waals surface area contributed by atoms with Gasteiger partial charge in [0.25, 0.3) is 0 Å². The van der Waals surface area contributed by atoms with Crippen molar-refractivity contribution >= 4 is 60.7 Å². The Kier molecular flexibility index (Phi) is 5.29. The predicted octanol–water partition coefficient (Wildman–Crippen LogP) is 6.41. The molecule has 0 atom stereocenters. The lowest BCUT2D eigenvalue weighted by atomic mass is 10.2. The second-order valence-corrected chi connectivity index (χ2v) is 6.36. The van der Waals surface area contributed by atoms with E-state index in [0.29, 0.717) is 15.2 Å². The first-order valence-electron chi connectivity index (χ1n) is 5.41. The molecule has 0 aliphatic heterocycles. The van der Waals surface area contributed by atoms with Gasteiger partial charge in [0.15, 0.2) is 0 Å². The molecule has 2 aromatic carbocycles. The van der Waals surface area contributed by atoms with Crippen LogP contribution in [0.3, 0.4) is 0 Å². The minimum absolute atomic E-state index is 0.0468. The minimum Gasteiger partial charge on any atom is -0.379 e. The van der Waals surface area contributed by atoms with E-state index in [1.54, 1.807) is 12.1 Å². The summed E-state index contributed by atoms with van der Waals surface area (Å²) in [5.41, 5.74) is 0.424. The molecule has 0 aliphatic rings. The summed E-state index contributed by atoms with van der Waals surface area (Å²) in [4.78, 5) is 0. The second kappa shape index (κ2) is 6.60.